The number of anilines is 2. The van der Waals surface area contributed by atoms with Crippen molar-refractivity contribution < 1.29 is 19.1 Å². The summed E-state index contributed by atoms with van der Waals surface area (Å²) in [6, 6.07) is 18.8. The molecule has 0 bridgehead atoms. The summed E-state index contributed by atoms with van der Waals surface area (Å²) in [5, 5.41) is 2.82. The molecule has 0 fully saturated rings. The number of carbonyl (C=O) groups excluding carboxylic acids is 3. The molecule has 176 valence electrons. The van der Waals surface area contributed by atoms with Gasteiger partial charge >= 0.3 is 5.97 Å². The molecule has 0 spiro atoms. The predicted molar refractivity (Wildman–Crippen MR) is 130 cm³/mol. The van der Waals surface area contributed by atoms with Gasteiger partial charge in [-0.2, -0.15) is 0 Å². The number of benzene rings is 2. The van der Waals surface area contributed by atoms with Crippen LogP contribution in [0.5, 0.6) is 0 Å². The second kappa shape index (κ2) is 9.38. The first kappa shape index (κ1) is 22.3. The zero-order chi connectivity index (χ0) is 24.4. The second-order valence-corrected chi connectivity index (χ2v) is 8.08. The second-order valence-electron chi connectivity index (χ2n) is 8.08. The molecule has 35 heavy (non-hydrogen) atoms. The highest BCUT2D eigenvalue weighted by molar-refractivity contribution is 6.05. The van der Waals surface area contributed by atoms with Gasteiger partial charge in [0.25, 0.3) is 5.91 Å². The topological polar surface area (TPSA) is 106 Å². The number of fused-ring (bicyclic) bond motifs is 3. The number of hydrogen-bond acceptors (Lipinski definition) is 6. The minimum atomic E-state index is -0.736. The van der Waals surface area contributed by atoms with Crippen molar-refractivity contribution in [3.05, 3.63) is 84.2 Å². The molecule has 2 amide bonds. The highest BCUT2D eigenvalue weighted by Gasteiger charge is 2.41. The van der Waals surface area contributed by atoms with Crippen LogP contribution in [0.1, 0.15) is 35.4 Å². The molecule has 1 aliphatic heterocycles. The Morgan fingerprint density at radius 1 is 1.03 bits per heavy atom. The molecule has 0 saturated carbocycles. The Balaban J connectivity index is 1.38. The lowest BCUT2D eigenvalue weighted by Gasteiger charge is -2.15. The number of rotatable bonds is 7. The van der Waals surface area contributed by atoms with E-state index in [2.05, 4.69) is 15.3 Å². The normalized spacial score (nSPS) is 14.7. The van der Waals surface area contributed by atoms with E-state index < -0.39 is 12.0 Å². The molecule has 4 aromatic rings. The molecule has 5 rings (SSSR count). The van der Waals surface area contributed by atoms with E-state index in [-0.39, 0.29) is 31.4 Å². The van der Waals surface area contributed by atoms with Crippen LogP contribution in [-0.4, -0.2) is 38.9 Å². The summed E-state index contributed by atoms with van der Waals surface area (Å²) in [6.45, 7) is 2.29. The predicted octanol–water partition coefficient (Wildman–Crippen LogP) is 3.72. The van der Waals surface area contributed by atoms with Crippen molar-refractivity contribution in [1.29, 1.82) is 0 Å². The maximum Gasteiger partial charge on any atom is 0.338 e. The minimum absolute atomic E-state index is 0.0649. The largest absolute Gasteiger partial charge is 0.462 e. The number of imidazole rings is 1. The van der Waals surface area contributed by atoms with Gasteiger partial charge in [-0.3, -0.25) is 24.0 Å². The van der Waals surface area contributed by atoms with Crippen LogP contribution >= 0.6 is 0 Å². The summed E-state index contributed by atoms with van der Waals surface area (Å²) in [5.74, 6) is -0.458. The molecular formula is C26H23N5O4. The third-order valence-corrected chi connectivity index (χ3v) is 5.79. The molecule has 2 aromatic carbocycles. The number of nitrogens with zero attached hydrogens (tertiary/aromatic N) is 4. The first-order chi connectivity index (χ1) is 17.0. The van der Waals surface area contributed by atoms with Crippen LogP contribution in [0, 0.1) is 0 Å². The lowest BCUT2D eigenvalue weighted by Crippen LogP contribution is -2.31. The molecule has 9 heteroatoms. The Morgan fingerprint density at radius 2 is 1.80 bits per heavy atom. The van der Waals surface area contributed by atoms with E-state index in [0.717, 1.165) is 16.7 Å². The summed E-state index contributed by atoms with van der Waals surface area (Å²) < 4.78 is 6.80. The molecule has 1 N–H and O–H groups in total. The fourth-order valence-electron chi connectivity index (χ4n) is 4.19. The number of ether oxygens (including phenoxy) is 1. The van der Waals surface area contributed by atoms with E-state index in [9.17, 15) is 14.4 Å². The lowest BCUT2D eigenvalue weighted by molar-refractivity contribution is -0.124. The molecule has 0 unspecified atom stereocenters. The first-order valence-electron chi connectivity index (χ1n) is 11.3. The van der Waals surface area contributed by atoms with Crippen molar-refractivity contribution >= 4 is 40.5 Å². The number of esters is 1. The summed E-state index contributed by atoms with van der Waals surface area (Å²) in [4.78, 5) is 48.8. The van der Waals surface area contributed by atoms with Gasteiger partial charge in [0.15, 0.2) is 0 Å². The van der Waals surface area contributed by atoms with Crippen LogP contribution in [0.3, 0.4) is 0 Å². The standard InChI is InChI=1S/C26H23N5O4/c1-2-35-25(34)17-10-12-18(13-11-17)28-23(32)15-22-24(33)30(16-19-7-5-6-14-27-19)26-29-20-8-3-4-9-21(20)31(22)26/h3-14,22H,2,15-16H2,1H3,(H,28,32)/t22-/m1/s1. The van der Waals surface area contributed by atoms with Crippen LogP contribution in [-0.2, 0) is 20.9 Å². The van der Waals surface area contributed by atoms with E-state index in [0.29, 0.717) is 17.2 Å². The average molecular weight is 470 g/mol. The molecule has 1 aliphatic rings. The SMILES string of the molecule is CCOC(=O)c1ccc(NC(=O)C[C@@H]2C(=O)N(Cc3ccccn3)c3nc4ccccc4n32)cc1. The summed E-state index contributed by atoms with van der Waals surface area (Å²) in [6.07, 6.45) is 1.61. The van der Waals surface area contributed by atoms with Crippen LogP contribution in [0.25, 0.3) is 11.0 Å². The highest BCUT2D eigenvalue weighted by Crippen LogP contribution is 2.37. The van der Waals surface area contributed by atoms with Crippen LogP contribution in [0.15, 0.2) is 72.9 Å². The third-order valence-electron chi connectivity index (χ3n) is 5.79. The molecule has 0 aliphatic carbocycles. The van der Waals surface area contributed by atoms with Gasteiger partial charge in [-0.15, -0.1) is 0 Å². The van der Waals surface area contributed by atoms with E-state index in [1.807, 2.05) is 47.0 Å². The van der Waals surface area contributed by atoms with Crippen molar-refractivity contribution in [3.8, 4) is 0 Å². The fraction of sp³-hybridized carbons (Fsp3) is 0.192. The lowest BCUT2D eigenvalue weighted by atomic mass is 10.1. The fourth-order valence-corrected chi connectivity index (χ4v) is 4.19. The number of nitrogens with one attached hydrogen (secondary N) is 1. The van der Waals surface area contributed by atoms with E-state index >= 15 is 0 Å². The van der Waals surface area contributed by atoms with Gasteiger partial charge in [-0.25, -0.2) is 9.78 Å². The molecule has 9 nitrogen and oxygen atoms in total. The smallest absolute Gasteiger partial charge is 0.338 e. The van der Waals surface area contributed by atoms with Crippen molar-refractivity contribution in [2.75, 3.05) is 16.8 Å². The third kappa shape index (κ3) is 4.35. The van der Waals surface area contributed by atoms with Gasteiger partial charge in [-0.1, -0.05) is 18.2 Å². The molecule has 3 heterocycles. The van der Waals surface area contributed by atoms with Gasteiger partial charge in [0.05, 0.1) is 41.9 Å². The molecule has 0 radical (unpaired) electrons. The number of pyridine rings is 1. The summed E-state index contributed by atoms with van der Waals surface area (Å²) >= 11 is 0. The number of amides is 2. The van der Waals surface area contributed by atoms with Crippen LogP contribution < -0.4 is 10.2 Å². The van der Waals surface area contributed by atoms with Crippen LogP contribution in [0.2, 0.25) is 0 Å². The van der Waals surface area contributed by atoms with Gasteiger partial charge in [0.2, 0.25) is 11.9 Å². The van der Waals surface area contributed by atoms with Gasteiger partial charge in [0, 0.05) is 11.9 Å². The Morgan fingerprint density at radius 3 is 2.54 bits per heavy atom. The van der Waals surface area contributed by atoms with Crippen molar-refractivity contribution in [3.63, 3.8) is 0 Å². The monoisotopic (exact) mass is 469 g/mol. The van der Waals surface area contributed by atoms with Crippen molar-refractivity contribution in [2.45, 2.75) is 25.9 Å². The Hall–Kier alpha value is -4.53. The number of carbonyl (C=O) groups is 3. The maximum atomic E-state index is 13.4. The molecule has 1 atom stereocenters. The minimum Gasteiger partial charge on any atom is -0.462 e. The number of hydrogen-bond donors (Lipinski definition) is 1. The van der Waals surface area contributed by atoms with E-state index in [4.69, 9.17) is 4.74 Å². The maximum absolute atomic E-state index is 13.4. The number of para-hydroxylation sites is 2. The van der Waals surface area contributed by atoms with Gasteiger partial charge in [0.1, 0.15) is 6.04 Å². The molecule has 0 saturated heterocycles. The van der Waals surface area contributed by atoms with Crippen molar-refractivity contribution in [2.24, 2.45) is 0 Å². The summed E-state index contributed by atoms with van der Waals surface area (Å²) in [5.41, 5.74) is 3.19. The number of aromatic nitrogens is 3. The first-order valence-corrected chi connectivity index (χ1v) is 11.3. The van der Waals surface area contributed by atoms with E-state index in [1.54, 1.807) is 42.3 Å². The Kier molecular flexibility index (Phi) is 5.97. The molecule has 2 aromatic heterocycles. The Labute approximate surface area is 201 Å². The quantitative estimate of drug-likeness (QED) is 0.414. The average Bonchev–Trinajstić information content (AvgIpc) is 3.36. The highest BCUT2D eigenvalue weighted by atomic mass is 16.5. The zero-order valence-electron chi connectivity index (χ0n) is 19.0. The summed E-state index contributed by atoms with van der Waals surface area (Å²) in [7, 11) is 0. The van der Waals surface area contributed by atoms with Gasteiger partial charge < -0.3 is 10.1 Å². The zero-order valence-corrected chi connectivity index (χ0v) is 19.0. The Bertz CT molecular complexity index is 1400. The van der Waals surface area contributed by atoms with Crippen LogP contribution in [0.4, 0.5) is 11.6 Å². The van der Waals surface area contributed by atoms with E-state index in [1.165, 1.54) is 0 Å². The van der Waals surface area contributed by atoms with Gasteiger partial charge in [-0.05, 0) is 55.5 Å². The van der Waals surface area contributed by atoms with Crippen molar-refractivity contribution in [1.82, 2.24) is 14.5 Å². The molecular weight excluding hydrogens is 446 g/mol.